The van der Waals surface area contributed by atoms with Crippen LogP contribution in [0.2, 0.25) is 0 Å². The average molecular weight is 513 g/mol. The summed E-state index contributed by atoms with van der Waals surface area (Å²) in [6, 6.07) is 24.9. The SMILES string of the molecule is COc1cccc(OC)c1-c1cccc(C(=O)Nc2ccc(OCCN3CCOCC3)c3ccccc23)c1. The van der Waals surface area contributed by atoms with Crippen molar-refractivity contribution in [1.29, 1.82) is 0 Å². The number of fused-ring (bicyclic) bond motifs is 1. The molecule has 1 heterocycles. The topological polar surface area (TPSA) is 69.3 Å². The number of carbonyl (C=O) groups is 1. The summed E-state index contributed by atoms with van der Waals surface area (Å²) in [6.07, 6.45) is 0. The van der Waals surface area contributed by atoms with Crippen molar-refractivity contribution in [3.8, 4) is 28.4 Å². The van der Waals surface area contributed by atoms with Crippen LogP contribution in [0.1, 0.15) is 10.4 Å². The summed E-state index contributed by atoms with van der Waals surface area (Å²) in [5.74, 6) is 1.96. The van der Waals surface area contributed by atoms with Gasteiger partial charge in [-0.2, -0.15) is 0 Å². The van der Waals surface area contributed by atoms with E-state index in [1.54, 1.807) is 20.3 Å². The maximum atomic E-state index is 13.4. The molecule has 0 atom stereocenters. The van der Waals surface area contributed by atoms with Crippen molar-refractivity contribution in [2.75, 3.05) is 59.0 Å². The molecule has 5 rings (SSSR count). The van der Waals surface area contributed by atoms with Crippen LogP contribution in [0.25, 0.3) is 21.9 Å². The van der Waals surface area contributed by atoms with Crippen molar-refractivity contribution in [3.63, 3.8) is 0 Å². The number of morpholine rings is 1. The summed E-state index contributed by atoms with van der Waals surface area (Å²) in [6.45, 7) is 4.85. The fourth-order valence-electron chi connectivity index (χ4n) is 4.76. The van der Waals surface area contributed by atoms with E-state index in [0.717, 1.165) is 66.2 Å². The minimum absolute atomic E-state index is 0.202. The predicted molar refractivity (Wildman–Crippen MR) is 150 cm³/mol. The first kappa shape index (κ1) is 25.6. The number of benzene rings is 4. The van der Waals surface area contributed by atoms with E-state index in [2.05, 4.69) is 10.2 Å². The maximum Gasteiger partial charge on any atom is 0.255 e. The minimum atomic E-state index is -0.202. The van der Waals surface area contributed by atoms with E-state index >= 15 is 0 Å². The third kappa shape index (κ3) is 5.59. The lowest BCUT2D eigenvalue weighted by Gasteiger charge is -2.26. The molecule has 0 radical (unpaired) electrons. The van der Waals surface area contributed by atoms with Gasteiger partial charge in [0.1, 0.15) is 23.9 Å². The summed E-state index contributed by atoms with van der Waals surface area (Å²) in [5.41, 5.74) is 2.90. The van der Waals surface area contributed by atoms with Crippen molar-refractivity contribution >= 4 is 22.4 Å². The molecule has 1 aliphatic heterocycles. The molecule has 7 heteroatoms. The zero-order valence-electron chi connectivity index (χ0n) is 21.7. The molecule has 0 unspecified atom stereocenters. The van der Waals surface area contributed by atoms with Crippen molar-refractivity contribution in [2.24, 2.45) is 0 Å². The third-order valence-electron chi connectivity index (χ3n) is 6.74. The third-order valence-corrected chi connectivity index (χ3v) is 6.74. The summed E-state index contributed by atoms with van der Waals surface area (Å²) in [4.78, 5) is 15.7. The van der Waals surface area contributed by atoms with Crippen LogP contribution in [0.3, 0.4) is 0 Å². The molecule has 1 saturated heterocycles. The van der Waals surface area contributed by atoms with Gasteiger partial charge in [-0.25, -0.2) is 0 Å². The smallest absolute Gasteiger partial charge is 0.255 e. The van der Waals surface area contributed by atoms with Gasteiger partial charge in [0.15, 0.2) is 0 Å². The second kappa shape index (κ2) is 12.0. The summed E-state index contributed by atoms with van der Waals surface area (Å²) in [7, 11) is 3.24. The number of methoxy groups -OCH3 is 2. The molecule has 0 bridgehead atoms. The molecular formula is C31H32N2O5. The molecule has 0 saturated carbocycles. The number of carbonyl (C=O) groups excluding carboxylic acids is 1. The van der Waals surface area contributed by atoms with Crippen molar-refractivity contribution in [1.82, 2.24) is 4.90 Å². The Labute approximate surface area is 222 Å². The van der Waals surface area contributed by atoms with Crippen LogP contribution < -0.4 is 19.5 Å². The highest BCUT2D eigenvalue weighted by molar-refractivity contribution is 6.10. The Morgan fingerprint density at radius 3 is 2.29 bits per heavy atom. The lowest BCUT2D eigenvalue weighted by molar-refractivity contribution is 0.0323. The molecule has 1 amide bonds. The molecule has 0 aliphatic carbocycles. The van der Waals surface area contributed by atoms with Crippen LogP contribution in [-0.2, 0) is 4.74 Å². The average Bonchev–Trinajstić information content (AvgIpc) is 2.98. The lowest BCUT2D eigenvalue weighted by atomic mass is 10.0. The van der Waals surface area contributed by atoms with Crippen molar-refractivity contribution in [2.45, 2.75) is 0 Å². The zero-order valence-corrected chi connectivity index (χ0v) is 21.7. The quantitative estimate of drug-likeness (QED) is 0.320. The second-order valence-corrected chi connectivity index (χ2v) is 9.03. The molecule has 4 aromatic carbocycles. The highest BCUT2D eigenvalue weighted by Crippen LogP contribution is 2.38. The Hall–Kier alpha value is -4.07. The van der Waals surface area contributed by atoms with Crippen molar-refractivity contribution < 1.29 is 23.7 Å². The van der Waals surface area contributed by atoms with Crippen LogP contribution in [-0.4, -0.2) is 64.5 Å². The first-order valence-electron chi connectivity index (χ1n) is 12.8. The Morgan fingerprint density at radius 2 is 1.55 bits per heavy atom. The number of hydrogen-bond acceptors (Lipinski definition) is 6. The molecule has 196 valence electrons. The number of nitrogens with zero attached hydrogens (tertiary/aromatic N) is 1. The Morgan fingerprint density at radius 1 is 0.842 bits per heavy atom. The molecule has 0 spiro atoms. The molecule has 0 aromatic heterocycles. The fraction of sp³-hybridized carbons (Fsp3) is 0.258. The van der Waals surface area contributed by atoms with Gasteiger partial charge < -0.3 is 24.3 Å². The standard InChI is InChI=1S/C31H32N2O5/c1-35-28-11-6-12-29(36-2)30(28)22-7-5-8-23(21-22)31(34)32-26-13-14-27(25-10-4-3-9-24(25)26)38-20-17-33-15-18-37-19-16-33/h3-14,21H,15-20H2,1-2H3,(H,32,34). The highest BCUT2D eigenvalue weighted by Gasteiger charge is 2.16. The van der Waals surface area contributed by atoms with Gasteiger partial charge in [-0.3, -0.25) is 9.69 Å². The normalized spacial score (nSPS) is 13.7. The minimum Gasteiger partial charge on any atom is -0.496 e. The van der Waals surface area contributed by atoms with Crippen LogP contribution in [0.5, 0.6) is 17.2 Å². The molecule has 1 aliphatic rings. The van der Waals surface area contributed by atoms with Gasteiger partial charge in [0, 0.05) is 41.7 Å². The number of nitrogens with one attached hydrogen (secondary N) is 1. The van der Waals surface area contributed by atoms with Crippen LogP contribution in [0.15, 0.2) is 78.9 Å². The molecule has 4 aromatic rings. The molecular weight excluding hydrogens is 480 g/mol. The first-order valence-corrected chi connectivity index (χ1v) is 12.8. The van der Waals surface area contributed by atoms with Crippen LogP contribution in [0.4, 0.5) is 5.69 Å². The summed E-state index contributed by atoms with van der Waals surface area (Å²) in [5, 5.41) is 4.97. The summed E-state index contributed by atoms with van der Waals surface area (Å²) >= 11 is 0. The second-order valence-electron chi connectivity index (χ2n) is 9.03. The predicted octanol–water partition coefficient (Wildman–Crippen LogP) is 5.49. The molecule has 1 fully saturated rings. The molecule has 7 nitrogen and oxygen atoms in total. The Balaban J connectivity index is 1.36. The molecule has 1 N–H and O–H groups in total. The van der Waals surface area contributed by atoms with E-state index in [0.29, 0.717) is 23.7 Å². The summed E-state index contributed by atoms with van der Waals surface area (Å²) < 4.78 is 22.7. The highest BCUT2D eigenvalue weighted by atomic mass is 16.5. The lowest BCUT2D eigenvalue weighted by Crippen LogP contribution is -2.38. The van der Waals surface area contributed by atoms with Gasteiger partial charge in [0.2, 0.25) is 0 Å². The van der Waals surface area contributed by atoms with Gasteiger partial charge in [-0.05, 0) is 42.0 Å². The van der Waals surface area contributed by atoms with E-state index < -0.39 is 0 Å². The van der Waals surface area contributed by atoms with E-state index in [1.165, 1.54) is 0 Å². The fourth-order valence-corrected chi connectivity index (χ4v) is 4.76. The van der Waals surface area contributed by atoms with E-state index in [-0.39, 0.29) is 5.91 Å². The molecule has 38 heavy (non-hydrogen) atoms. The van der Waals surface area contributed by atoms with E-state index in [1.807, 2.05) is 72.8 Å². The number of rotatable bonds is 9. The van der Waals surface area contributed by atoms with E-state index in [9.17, 15) is 4.79 Å². The van der Waals surface area contributed by atoms with Gasteiger partial charge in [0.25, 0.3) is 5.91 Å². The van der Waals surface area contributed by atoms with Gasteiger partial charge in [-0.1, -0.05) is 42.5 Å². The van der Waals surface area contributed by atoms with Crippen molar-refractivity contribution in [3.05, 3.63) is 84.4 Å². The van der Waals surface area contributed by atoms with Crippen LogP contribution in [0, 0.1) is 0 Å². The number of ether oxygens (including phenoxy) is 4. The number of hydrogen-bond donors (Lipinski definition) is 1. The van der Waals surface area contributed by atoms with Gasteiger partial charge in [0.05, 0.1) is 33.0 Å². The maximum absolute atomic E-state index is 13.4. The first-order chi connectivity index (χ1) is 18.7. The number of anilines is 1. The Bertz CT molecular complexity index is 1390. The van der Waals surface area contributed by atoms with E-state index in [4.69, 9.17) is 18.9 Å². The number of amides is 1. The largest absolute Gasteiger partial charge is 0.496 e. The zero-order chi connectivity index (χ0) is 26.3. The Kier molecular flexibility index (Phi) is 8.06. The van der Waals surface area contributed by atoms with Gasteiger partial charge >= 0.3 is 0 Å². The van der Waals surface area contributed by atoms with Gasteiger partial charge in [-0.15, -0.1) is 0 Å². The monoisotopic (exact) mass is 512 g/mol. The van der Waals surface area contributed by atoms with Crippen LogP contribution >= 0.6 is 0 Å².